The van der Waals surface area contributed by atoms with Crippen LogP contribution in [0.3, 0.4) is 0 Å². The molecule has 1 rings (SSSR count). The molecule has 0 heterocycles. The molecule has 0 spiro atoms. The first-order chi connectivity index (χ1) is 9.42. The summed E-state index contributed by atoms with van der Waals surface area (Å²) in [5.74, 6) is -0.973. The van der Waals surface area contributed by atoms with E-state index in [2.05, 4.69) is 0 Å². The molecule has 0 unspecified atom stereocenters. The Kier molecular flexibility index (Phi) is 5.97. The zero-order chi connectivity index (χ0) is 15.1. The number of aryl methyl sites for hydroxylation is 1. The molecule has 0 amide bonds. The second kappa shape index (κ2) is 7.48. The second-order valence-corrected chi connectivity index (χ2v) is 4.53. The third-order valence-electron chi connectivity index (χ3n) is 2.69. The quantitative estimate of drug-likeness (QED) is 0.612. The van der Waals surface area contributed by atoms with Gasteiger partial charge in [0.2, 0.25) is 0 Å². The molecular formula is C16H20O4. The Morgan fingerprint density at radius 3 is 2.00 bits per heavy atom. The molecular weight excluding hydrogens is 256 g/mol. The minimum atomic E-state index is -0.962. The highest BCUT2D eigenvalue weighted by molar-refractivity contribution is 5.69. The van der Waals surface area contributed by atoms with Crippen molar-refractivity contribution in [3.8, 4) is 0 Å². The number of benzene rings is 1. The van der Waals surface area contributed by atoms with Crippen molar-refractivity contribution in [3.63, 3.8) is 0 Å². The van der Waals surface area contributed by atoms with Crippen molar-refractivity contribution >= 4 is 18.0 Å². The lowest BCUT2D eigenvalue weighted by Gasteiger charge is -2.19. The van der Waals surface area contributed by atoms with Gasteiger partial charge in [0, 0.05) is 19.4 Å². The molecule has 0 radical (unpaired) electrons. The van der Waals surface area contributed by atoms with Gasteiger partial charge in [0.15, 0.2) is 0 Å². The van der Waals surface area contributed by atoms with Gasteiger partial charge in [-0.25, -0.2) is 0 Å². The molecule has 1 aromatic rings. The largest absolute Gasteiger partial charge is 0.421 e. The molecule has 20 heavy (non-hydrogen) atoms. The Morgan fingerprint density at radius 1 is 1.10 bits per heavy atom. The van der Waals surface area contributed by atoms with Crippen LogP contribution in [0.15, 0.2) is 29.8 Å². The summed E-state index contributed by atoms with van der Waals surface area (Å²) < 4.78 is 10.1. The predicted octanol–water partition coefficient (Wildman–Crippen LogP) is 3.24. The number of hydrogen-bond acceptors (Lipinski definition) is 4. The molecule has 0 atom stereocenters. The molecule has 0 saturated carbocycles. The van der Waals surface area contributed by atoms with Crippen LogP contribution >= 0.6 is 0 Å². The smallest absolute Gasteiger partial charge is 0.305 e. The Morgan fingerprint density at radius 2 is 1.60 bits per heavy atom. The second-order valence-electron chi connectivity index (χ2n) is 4.53. The predicted molar refractivity (Wildman–Crippen MR) is 76.8 cm³/mol. The molecule has 0 fully saturated rings. The Hall–Kier alpha value is -2.10. The van der Waals surface area contributed by atoms with Gasteiger partial charge in [0.25, 0.3) is 6.29 Å². The molecule has 0 N–H and O–H groups in total. The monoisotopic (exact) mass is 276 g/mol. The first-order valence-corrected chi connectivity index (χ1v) is 6.54. The number of carbonyl (C=O) groups is 2. The average molecular weight is 276 g/mol. The van der Waals surface area contributed by atoms with Crippen LogP contribution in [0, 0.1) is 6.92 Å². The van der Waals surface area contributed by atoms with Crippen molar-refractivity contribution in [1.29, 1.82) is 0 Å². The van der Waals surface area contributed by atoms with Crippen molar-refractivity contribution < 1.29 is 19.1 Å². The molecule has 0 bridgehead atoms. The normalized spacial score (nSPS) is 11.3. The summed E-state index contributed by atoms with van der Waals surface area (Å²) in [6.07, 6.45) is 1.52. The fourth-order valence-electron chi connectivity index (χ4n) is 1.69. The summed E-state index contributed by atoms with van der Waals surface area (Å²) in [7, 11) is 0. The summed E-state index contributed by atoms with van der Waals surface area (Å²) in [4.78, 5) is 22.2. The third-order valence-corrected chi connectivity index (χ3v) is 2.69. The van der Waals surface area contributed by atoms with Gasteiger partial charge in [-0.3, -0.25) is 9.59 Å². The van der Waals surface area contributed by atoms with Crippen LogP contribution in [0.25, 0.3) is 6.08 Å². The fourth-order valence-corrected chi connectivity index (χ4v) is 1.69. The van der Waals surface area contributed by atoms with E-state index < -0.39 is 18.2 Å². The Bertz CT molecular complexity index is 484. The zero-order valence-corrected chi connectivity index (χ0v) is 12.3. The topological polar surface area (TPSA) is 52.6 Å². The van der Waals surface area contributed by atoms with E-state index in [1.54, 1.807) is 0 Å². The maximum absolute atomic E-state index is 11.1. The molecule has 0 saturated heterocycles. The van der Waals surface area contributed by atoms with Crippen LogP contribution in [-0.2, 0) is 19.1 Å². The summed E-state index contributed by atoms with van der Waals surface area (Å²) in [5.41, 5.74) is 2.87. The van der Waals surface area contributed by atoms with Crippen LogP contribution in [0.4, 0.5) is 0 Å². The van der Waals surface area contributed by atoms with Crippen LogP contribution in [0.1, 0.15) is 38.3 Å². The number of esters is 2. The molecule has 0 aliphatic carbocycles. The summed E-state index contributed by atoms with van der Waals surface area (Å²) >= 11 is 0. The van der Waals surface area contributed by atoms with Crippen LogP contribution in [0.2, 0.25) is 0 Å². The van der Waals surface area contributed by atoms with E-state index in [-0.39, 0.29) is 0 Å². The van der Waals surface area contributed by atoms with Gasteiger partial charge in [-0.05, 0) is 25.0 Å². The lowest BCUT2D eigenvalue weighted by Crippen LogP contribution is -2.24. The number of carbonyl (C=O) groups excluding carboxylic acids is 2. The summed E-state index contributed by atoms with van der Waals surface area (Å²) in [5, 5.41) is 0. The molecule has 0 aromatic heterocycles. The lowest BCUT2D eigenvalue weighted by atomic mass is 10.1. The van der Waals surface area contributed by atoms with Crippen molar-refractivity contribution in [2.75, 3.05) is 0 Å². The van der Waals surface area contributed by atoms with E-state index in [1.807, 2.05) is 44.2 Å². The Labute approximate surface area is 119 Å². The zero-order valence-electron chi connectivity index (χ0n) is 12.3. The minimum absolute atomic E-state index is 0.487. The molecule has 4 heteroatoms. The van der Waals surface area contributed by atoms with Gasteiger partial charge in [-0.2, -0.15) is 0 Å². The van der Waals surface area contributed by atoms with E-state index >= 15 is 0 Å². The van der Waals surface area contributed by atoms with Crippen LogP contribution < -0.4 is 0 Å². The lowest BCUT2D eigenvalue weighted by molar-refractivity contribution is -0.178. The Balaban J connectivity index is 3.01. The summed E-state index contributed by atoms with van der Waals surface area (Å²) in [6.45, 7) is 6.50. The van der Waals surface area contributed by atoms with Crippen molar-refractivity contribution in [2.24, 2.45) is 0 Å². The van der Waals surface area contributed by atoms with E-state index in [9.17, 15) is 9.59 Å². The molecule has 0 aliphatic heterocycles. The first kappa shape index (κ1) is 16.0. The molecule has 108 valence electrons. The van der Waals surface area contributed by atoms with Gasteiger partial charge in [-0.15, -0.1) is 0 Å². The van der Waals surface area contributed by atoms with Crippen LogP contribution in [-0.4, -0.2) is 18.2 Å². The first-order valence-electron chi connectivity index (χ1n) is 6.54. The standard InChI is InChI=1S/C16H20O4/c1-5-15(10-14-8-6-11(2)7-9-14)16(19-12(3)17)20-13(4)18/h6-10,16H,5H2,1-4H3/b15-10+. The number of hydrogen-bond donors (Lipinski definition) is 0. The average Bonchev–Trinajstić information content (AvgIpc) is 2.36. The highest BCUT2D eigenvalue weighted by atomic mass is 16.7. The third kappa shape index (κ3) is 5.26. The van der Waals surface area contributed by atoms with Crippen LogP contribution in [0.5, 0.6) is 0 Å². The van der Waals surface area contributed by atoms with Crippen molar-refractivity contribution in [2.45, 2.75) is 40.4 Å². The van der Waals surface area contributed by atoms with E-state index in [1.165, 1.54) is 13.8 Å². The molecule has 4 nitrogen and oxygen atoms in total. The van der Waals surface area contributed by atoms with Gasteiger partial charge in [0.05, 0.1) is 0 Å². The minimum Gasteiger partial charge on any atom is -0.421 e. The fraction of sp³-hybridized carbons (Fsp3) is 0.375. The maximum atomic E-state index is 11.1. The SMILES string of the molecule is CC/C(=C\c1ccc(C)cc1)C(OC(C)=O)OC(C)=O. The maximum Gasteiger partial charge on any atom is 0.305 e. The highest BCUT2D eigenvalue weighted by Crippen LogP contribution is 2.18. The van der Waals surface area contributed by atoms with E-state index in [0.29, 0.717) is 6.42 Å². The summed E-state index contributed by atoms with van der Waals surface area (Å²) in [6, 6.07) is 7.91. The number of ether oxygens (including phenoxy) is 2. The van der Waals surface area contributed by atoms with Gasteiger partial charge in [0.1, 0.15) is 0 Å². The highest BCUT2D eigenvalue weighted by Gasteiger charge is 2.19. The van der Waals surface area contributed by atoms with Gasteiger partial charge >= 0.3 is 11.9 Å². The van der Waals surface area contributed by atoms with Crippen molar-refractivity contribution in [1.82, 2.24) is 0 Å². The van der Waals surface area contributed by atoms with E-state index in [0.717, 1.165) is 16.7 Å². The van der Waals surface area contributed by atoms with Gasteiger partial charge in [-0.1, -0.05) is 36.8 Å². The number of rotatable bonds is 5. The van der Waals surface area contributed by atoms with Gasteiger partial charge < -0.3 is 9.47 Å². The molecule has 0 aliphatic rings. The van der Waals surface area contributed by atoms with Crippen molar-refractivity contribution in [3.05, 3.63) is 41.0 Å². The molecule has 1 aromatic carbocycles. The van der Waals surface area contributed by atoms with E-state index in [4.69, 9.17) is 9.47 Å².